The predicted molar refractivity (Wildman–Crippen MR) is 76.5 cm³/mol. The van der Waals surface area contributed by atoms with Crippen molar-refractivity contribution in [2.45, 2.75) is 0 Å². The normalized spacial score (nSPS) is 16.2. The maximum absolute atomic E-state index is 12.0. The fraction of sp³-hybridized carbons (Fsp3) is 0.0769. The number of hydrogen-bond donors (Lipinski definition) is 1. The third-order valence-electron chi connectivity index (χ3n) is 2.76. The molecule has 1 N–H and O–H groups in total. The number of rotatable bonds is 4. The molecule has 0 bridgehead atoms. The third-order valence-corrected chi connectivity index (χ3v) is 3.11. The molecule has 0 aromatic heterocycles. The smallest absolute Gasteiger partial charge is 0.303 e. The molecule has 0 atom stereocenters. The summed E-state index contributed by atoms with van der Waals surface area (Å²) in [4.78, 5) is 34.7. The van der Waals surface area contributed by atoms with Crippen molar-refractivity contribution in [3.05, 3.63) is 57.3 Å². The third kappa shape index (κ3) is 2.92. The first kappa shape index (κ1) is 14.7. The molecule has 3 amide bonds. The van der Waals surface area contributed by atoms with Gasteiger partial charge in [0.25, 0.3) is 11.6 Å². The van der Waals surface area contributed by atoms with Crippen molar-refractivity contribution in [3.8, 4) is 0 Å². The number of imide groups is 1. The summed E-state index contributed by atoms with van der Waals surface area (Å²) >= 11 is 5.94. The lowest BCUT2D eigenvalue weighted by atomic mass is 10.1. The number of amides is 3. The Morgan fingerprint density at radius 1 is 1.43 bits per heavy atom. The van der Waals surface area contributed by atoms with E-state index in [2.05, 4.69) is 11.9 Å². The van der Waals surface area contributed by atoms with Crippen LogP contribution in [0.2, 0.25) is 5.02 Å². The Balaban J connectivity index is 2.38. The predicted octanol–water partition coefficient (Wildman–Crippen LogP) is 2.33. The SMILES string of the molecule is C=CCN1C(=O)N/C(=C/c2cc([N+](=O)[O-])ccc2Cl)C1=O. The number of carbonyl (C=O) groups is 2. The summed E-state index contributed by atoms with van der Waals surface area (Å²) in [7, 11) is 0. The Labute approximate surface area is 124 Å². The topological polar surface area (TPSA) is 92.6 Å². The first-order valence-electron chi connectivity index (χ1n) is 5.83. The quantitative estimate of drug-likeness (QED) is 0.304. The molecule has 0 saturated carbocycles. The summed E-state index contributed by atoms with van der Waals surface area (Å²) < 4.78 is 0. The van der Waals surface area contributed by atoms with Gasteiger partial charge in [0.05, 0.1) is 4.92 Å². The lowest BCUT2D eigenvalue weighted by Crippen LogP contribution is -2.30. The number of nitro benzene ring substituents is 1. The molecule has 1 saturated heterocycles. The van der Waals surface area contributed by atoms with Crippen LogP contribution in [0.3, 0.4) is 0 Å². The van der Waals surface area contributed by atoms with Crippen LogP contribution in [0.1, 0.15) is 5.56 Å². The Bertz CT molecular complexity index is 684. The van der Waals surface area contributed by atoms with Crippen molar-refractivity contribution in [3.63, 3.8) is 0 Å². The number of halogens is 1. The number of non-ortho nitro benzene ring substituents is 1. The number of benzene rings is 1. The minimum atomic E-state index is -0.576. The van der Waals surface area contributed by atoms with Crippen molar-refractivity contribution in [2.75, 3.05) is 6.54 Å². The zero-order valence-corrected chi connectivity index (χ0v) is 11.5. The Morgan fingerprint density at radius 2 is 2.14 bits per heavy atom. The molecule has 8 heteroatoms. The van der Waals surface area contributed by atoms with Gasteiger partial charge in [0.15, 0.2) is 0 Å². The first-order chi connectivity index (χ1) is 9.93. The van der Waals surface area contributed by atoms with Gasteiger partial charge < -0.3 is 5.32 Å². The minimum Gasteiger partial charge on any atom is -0.303 e. The van der Waals surface area contributed by atoms with Gasteiger partial charge in [-0.2, -0.15) is 0 Å². The van der Waals surface area contributed by atoms with Crippen molar-refractivity contribution >= 4 is 35.3 Å². The van der Waals surface area contributed by atoms with Crippen LogP contribution >= 0.6 is 11.6 Å². The molecule has 2 rings (SSSR count). The molecule has 1 aromatic carbocycles. The lowest BCUT2D eigenvalue weighted by molar-refractivity contribution is -0.384. The number of carbonyl (C=O) groups excluding carboxylic acids is 2. The average Bonchev–Trinajstić information content (AvgIpc) is 2.69. The van der Waals surface area contributed by atoms with E-state index in [-0.39, 0.29) is 28.5 Å². The van der Waals surface area contributed by atoms with Gasteiger partial charge >= 0.3 is 6.03 Å². The maximum Gasteiger partial charge on any atom is 0.329 e. The monoisotopic (exact) mass is 307 g/mol. The van der Waals surface area contributed by atoms with E-state index in [0.29, 0.717) is 0 Å². The highest BCUT2D eigenvalue weighted by Crippen LogP contribution is 2.25. The summed E-state index contributed by atoms with van der Waals surface area (Å²) in [5.74, 6) is -0.539. The fourth-order valence-corrected chi connectivity index (χ4v) is 1.95. The van der Waals surface area contributed by atoms with Gasteiger partial charge in [-0.25, -0.2) is 4.79 Å². The second-order valence-corrected chi connectivity index (χ2v) is 4.56. The van der Waals surface area contributed by atoms with Crippen molar-refractivity contribution < 1.29 is 14.5 Å². The molecule has 108 valence electrons. The fourth-order valence-electron chi connectivity index (χ4n) is 1.78. The van der Waals surface area contributed by atoms with Crippen LogP contribution in [0.25, 0.3) is 6.08 Å². The van der Waals surface area contributed by atoms with Gasteiger partial charge in [-0.15, -0.1) is 6.58 Å². The van der Waals surface area contributed by atoms with Crippen molar-refractivity contribution in [1.29, 1.82) is 0 Å². The van der Waals surface area contributed by atoms with Gasteiger partial charge in [0.2, 0.25) is 0 Å². The summed E-state index contributed by atoms with van der Waals surface area (Å²) in [6, 6.07) is 3.26. The molecule has 0 spiro atoms. The number of nitro groups is 1. The van der Waals surface area contributed by atoms with E-state index in [1.165, 1.54) is 30.4 Å². The highest BCUT2D eigenvalue weighted by Gasteiger charge is 2.32. The van der Waals surface area contributed by atoms with Crippen LogP contribution in [-0.4, -0.2) is 28.3 Å². The molecule has 1 heterocycles. The molecule has 7 nitrogen and oxygen atoms in total. The van der Waals surface area contributed by atoms with Gasteiger partial charge in [-0.05, 0) is 12.1 Å². The Kier molecular flexibility index (Phi) is 4.04. The number of urea groups is 1. The molecule has 0 unspecified atom stereocenters. The number of nitrogens with one attached hydrogen (secondary N) is 1. The highest BCUT2D eigenvalue weighted by molar-refractivity contribution is 6.32. The van der Waals surface area contributed by atoms with Crippen LogP contribution in [0, 0.1) is 10.1 Å². The summed E-state index contributed by atoms with van der Waals surface area (Å²) in [5.41, 5.74) is 0.116. The molecule has 1 aliphatic heterocycles. The minimum absolute atomic E-state index is 0.00393. The summed E-state index contributed by atoms with van der Waals surface area (Å²) in [5, 5.41) is 13.4. The molecule has 0 radical (unpaired) electrons. The lowest BCUT2D eigenvalue weighted by Gasteiger charge is -2.06. The summed E-state index contributed by atoms with van der Waals surface area (Å²) in [6.45, 7) is 3.53. The molecule has 1 aromatic rings. The number of hydrogen-bond acceptors (Lipinski definition) is 4. The van der Waals surface area contributed by atoms with Gasteiger partial charge in [0.1, 0.15) is 5.70 Å². The van der Waals surface area contributed by atoms with Gasteiger partial charge in [-0.3, -0.25) is 19.8 Å². The second-order valence-electron chi connectivity index (χ2n) is 4.16. The van der Waals surface area contributed by atoms with Crippen LogP contribution in [0.4, 0.5) is 10.5 Å². The van der Waals surface area contributed by atoms with Crippen molar-refractivity contribution in [1.82, 2.24) is 10.2 Å². The van der Waals surface area contributed by atoms with Crippen LogP contribution < -0.4 is 5.32 Å². The van der Waals surface area contributed by atoms with E-state index in [1.54, 1.807) is 0 Å². The highest BCUT2D eigenvalue weighted by atomic mass is 35.5. The van der Waals surface area contributed by atoms with Crippen LogP contribution in [-0.2, 0) is 4.79 Å². The molecular weight excluding hydrogens is 298 g/mol. The van der Waals surface area contributed by atoms with Crippen molar-refractivity contribution in [2.24, 2.45) is 0 Å². The molecule has 1 aliphatic rings. The standard InChI is InChI=1S/C13H10ClN3O4/c1-2-5-16-12(18)11(15-13(16)19)7-8-6-9(17(20)21)3-4-10(8)14/h2-4,6-7H,1,5H2,(H,15,19)/b11-7+. The largest absolute Gasteiger partial charge is 0.329 e. The summed E-state index contributed by atoms with van der Waals surface area (Å²) in [6.07, 6.45) is 2.72. The van der Waals surface area contributed by atoms with Crippen LogP contribution in [0.15, 0.2) is 36.6 Å². The van der Waals surface area contributed by atoms with E-state index in [0.717, 1.165) is 4.90 Å². The first-order valence-corrected chi connectivity index (χ1v) is 6.21. The zero-order valence-electron chi connectivity index (χ0n) is 10.7. The van der Waals surface area contributed by atoms with Gasteiger partial charge in [0, 0.05) is 29.3 Å². The Morgan fingerprint density at radius 3 is 2.76 bits per heavy atom. The van der Waals surface area contributed by atoms with E-state index in [9.17, 15) is 19.7 Å². The van der Waals surface area contributed by atoms with E-state index in [4.69, 9.17) is 11.6 Å². The zero-order chi connectivity index (χ0) is 15.6. The number of nitrogens with zero attached hydrogens (tertiary/aromatic N) is 2. The molecule has 21 heavy (non-hydrogen) atoms. The molecule has 0 aliphatic carbocycles. The van der Waals surface area contributed by atoms with E-state index in [1.807, 2.05) is 0 Å². The van der Waals surface area contributed by atoms with Gasteiger partial charge in [-0.1, -0.05) is 17.7 Å². The van der Waals surface area contributed by atoms with E-state index >= 15 is 0 Å². The van der Waals surface area contributed by atoms with Crippen LogP contribution in [0.5, 0.6) is 0 Å². The Hall–Kier alpha value is -2.67. The maximum atomic E-state index is 12.0. The molecule has 1 fully saturated rings. The van der Waals surface area contributed by atoms with E-state index < -0.39 is 16.9 Å². The second kappa shape index (κ2) is 5.76. The average molecular weight is 308 g/mol. The molecular formula is C13H10ClN3O4.